The average Bonchev–Trinajstić information content (AvgIpc) is 1.97. The first kappa shape index (κ1) is 11.8. The molecule has 0 aliphatic carbocycles. The lowest BCUT2D eigenvalue weighted by molar-refractivity contribution is -0.425. The first-order chi connectivity index (χ1) is 5.86. The van der Waals surface area contributed by atoms with Crippen molar-refractivity contribution in [1.29, 1.82) is 0 Å². The van der Waals surface area contributed by atoms with Crippen LogP contribution in [0.15, 0.2) is 23.2 Å². The third-order valence-corrected chi connectivity index (χ3v) is 1.50. The van der Waals surface area contributed by atoms with E-state index in [1.165, 1.54) is 13.8 Å². The van der Waals surface area contributed by atoms with Crippen LogP contribution in [0.1, 0.15) is 20.8 Å². The fourth-order valence-electron chi connectivity index (χ4n) is 0.847. The Bertz CT molecular complexity index is 265. The molecule has 5 heteroatoms. The van der Waals surface area contributed by atoms with Gasteiger partial charge in [0.15, 0.2) is 0 Å². The number of halogens is 1. The molecule has 0 bridgehead atoms. The highest BCUT2D eigenvalue weighted by molar-refractivity contribution is 5.25. The van der Waals surface area contributed by atoms with Gasteiger partial charge in [-0.1, -0.05) is 0 Å². The highest BCUT2D eigenvalue weighted by Crippen LogP contribution is 2.14. The van der Waals surface area contributed by atoms with Gasteiger partial charge in [0.1, 0.15) is 0 Å². The Labute approximate surface area is 75.5 Å². The van der Waals surface area contributed by atoms with Crippen molar-refractivity contribution >= 4 is 0 Å². The number of rotatable bonds is 3. The Balaban J connectivity index is 5.13. The van der Waals surface area contributed by atoms with Crippen LogP contribution >= 0.6 is 0 Å². The summed E-state index contributed by atoms with van der Waals surface area (Å²) in [5.41, 5.74) is -0.253. The normalized spacial score (nSPS) is 16.5. The maximum Gasteiger partial charge on any atom is 0.249 e. The van der Waals surface area contributed by atoms with E-state index in [0.717, 1.165) is 13.0 Å². The predicted molar refractivity (Wildman–Crippen MR) is 46.2 cm³/mol. The summed E-state index contributed by atoms with van der Waals surface area (Å²) < 4.78 is 12.4. The Morgan fingerprint density at radius 3 is 2.31 bits per heavy atom. The molecule has 1 N–H and O–H groups in total. The summed E-state index contributed by atoms with van der Waals surface area (Å²) in [5.74, 6) is -0.572. The van der Waals surface area contributed by atoms with Crippen molar-refractivity contribution in [1.82, 2.24) is 0 Å². The Morgan fingerprint density at radius 1 is 1.62 bits per heavy atom. The molecule has 0 saturated heterocycles. The monoisotopic (exact) mass is 189 g/mol. The van der Waals surface area contributed by atoms with Crippen LogP contribution in [0, 0.1) is 10.1 Å². The third-order valence-electron chi connectivity index (χ3n) is 1.50. The van der Waals surface area contributed by atoms with Gasteiger partial charge in [0.2, 0.25) is 5.70 Å². The predicted octanol–water partition coefficient (Wildman–Crippen LogP) is 1.79. The number of nitro groups is 1. The molecule has 0 fully saturated rings. The maximum atomic E-state index is 12.4. The molecular formula is C8H12FNO3. The molecule has 0 rings (SSSR count). The molecule has 0 amide bonds. The Hall–Kier alpha value is -1.23. The first-order valence-corrected chi connectivity index (χ1v) is 3.73. The van der Waals surface area contributed by atoms with Crippen LogP contribution in [0.4, 0.5) is 4.39 Å². The second-order valence-electron chi connectivity index (χ2n) is 2.70. The molecule has 0 saturated carbocycles. The number of nitrogens with zero attached hydrogens (tertiary/aromatic N) is 1. The lowest BCUT2D eigenvalue weighted by Crippen LogP contribution is -2.09. The second-order valence-corrected chi connectivity index (χ2v) is 2.70. The summed E-state index contributed by atoms with van der Waals surface area (Å²) in [6.07, 6.45) is -0.0842. The minimum absolute atomic E-state index is 0.00926. The van der Waals surface area contributed by atoms with Gasteiger partial charge in [-0.05, 0) is 19.9 Å². The zero-order valence-corrected chi connectivity index (χ0v) is 7.74. The smallest absolute Gasteiger partial charge is 0.249 e. The zero-order chi connectivity index (χ0) is 10.6. The molecule has 0 aromatic carbocycles. The molecule has 0 aliphatic heterocycles. The molecule has 1 unspecified atom stereocenters. The van der Waals surface area contributed by atoms with Gasteiger partial charge in [-0.15, -0.1) is 0 Å². The van der Waals surface area contributed by atoms with Crippen LogP contribution < -0.4 is 0 Å². The van der Waals surface area contributed by atoms with Crippen LogP contribution in [0.3, 0.4) is 0 Å². The first-order valence-electron chi connectivity index (χ1n) is 3.73. The van der Waals surface area contributed by atoms with E-state index in [9.17, 15) is 14.5 Å². The van der Waals surface area contributed by atoms with Crippen molar-refractivity contribution in [2.45, 2.75) is 26.9 Å². The van der Waals surface area contributed by atoms with E-state index in [-0.39, 0.29) is 11.3 Å². The minimum atomic E-state index is -1.05. The Morgan fingerprint density at radius 2 is 2.08 bits per heavy atom. The number of aliphatic hydroxyl groups excluding tert-OH is 1. The van der Waals surface area contributed by atoms with Crippen molar-refractivity contribution in [2.75, 3.05) is 0 Å². The molecule has 4 nitrogen and oxygen atoms in total. The van der Waals surface area contributed by atoms with Gasteiger partial charge in [0, 0.05) is 6.92 Å². The van der Waals surface area contributed by atoms with Crippen LogP contribution in [-0.4, -0.2) is 16.1 Å². The van der Waals surface area contributed by atoms with E-state index in [1.807, 2.05) is 0 Å². The lowest BCUT2D eigenvalue weighted by Gasteiger charge is -2.04. The van der Waals surface area contributed by atoms with E-state index in [0.29, 0.717) is 0 Å². The fourth-order valence-corrected chi connectivity index (χ4v) is 0.847. The summed E-state index contributed by atoms with van der Waals surface area (Å²) >= 11 is 0. The molecule has 0 aromatic rings. The van der Waals surface area contributed by atoms with Crippen molar-refractivity contribution in [3.63, 3.8) is 0 Å². The molecule has 0 aliphatic rings. The van der Waals surface area contributed by atoms with E-state index in [4.69, 9.17) is 5.11 Å². The summed E-state index contributed by atoms with van der Waals surface area (Å²) in [6, 6.07) is 0. The summed E-state index contributed by atoms with van der Waals surface area (Å²) in [5, 5.41) is 19.4. The van der Waals surface area contributed by atoms with Crippen LogP contribution in [-0.2, 0) is 0 Å². The standard InChI is InChI=1S/C8H12FNO3/c1-5(9)4-8(7(3)11)6(2)10(12)13/h4,7,11H,1-3H3/b5-4+,8-6-. The topological polar surface area (TPSA) is 63.4 Å². The molecule has 0 aromatic heterocycles. The zero-order valence-electron chi connectivity index (χ0n) is 7.74. The third kappa shape index (κ3) is 3.80. The molecule has 0 spiro atoms. The van der Waals surface area contributed by atoms with Crippen LogP contribution in [0.2, 0.25) is 0 Å². The largest absolute Gasteiger partial charge is 0.388 e. The highest BCUT2D eigenvalue weighted by atomic mass is 19.1. The molecule has 13 heavy (non-hydrogen) atoms. The van der Waals surface area contributed by atoms with Crippen molar-refractivity contribution in [3.05, 3.63) is 33.3 Å². The van der Waals surface area contributed by atoms with Crippen LogP contribution in [0.5, 0.6) is 0 Å². The van der Waals surface area contributed by atoms with Gasteiger partial charge in [0.25, 0.3) is 0 Å². The van der Waals surface area contributed by atoms with Crippen molar-refractivity contribution < 1.29 is 14.4 Å². The quantitative estimate of drug-likeness (QED) is 0.418. The van der Waals surface area contributed by atoms with Crippen molar-refractivity contribution in [3.8, 4) is 0 Å². The van der Waals surface area contributed by atoms with E-state index < -0.39 is 16.9 Å². The van der Waals surface area contributed by atoms with Gasteiger partial charge < -0.3 is 5.11 Å². The summed E-state index contributed by atoms with van der Waals surface area (Å²) in [7, 11) is 0. The number of hydrogen-bond donors (Lipinski definition) is 1. The summed E-state index contributed by atoms with van der Waals surface area (Å²) in [4.78, 5) is 9.66. The SMILES string of the molecule is C/C(=C(\C=C(/C)F)C(C)O)[N+](=O)[O-]. The fraction of sp³-hybridized carbons (Fsp3) is 0.500. The molecule has 74 valence electrons. The van der Waals surface area contributed by atoms with Crippen molar-refractivity contribution in [2.24, 2.45) is 0 Å². The maximum absolute atomic E-state index is 12.4. The second kappa shape index (κ2) is 4.71. The lowest BCUT2D eigenvalue weighted by atomic mass is 10.1. The molecule has 0 heterocycles. The number of allylic oxidation sites excluding steroid dienone is 2. The molecule has 0 radical (unpaired) electrons. The van der Waals surface area contributed by atoms with E-state index >= 15 is 0 Å². The Kier molecular flexibility index (Phi) is 4.27. The van der Waals surface area contributed by atoms with Gasteiger partial charge in [-0.2, -0.15) is 0 Å². The van der Waals surface area contributed by atoms with E-state index in [2.05, 4.69) is 0 Å². The summed E-state index contributed by atoms with van der Waals surface area (Å²) in [6.45, 7) is 3.73. The van der Waals surface area contributed by atoms with E-state index in [1.54, 1.807) is 0 Å². The highest BCUT2D eigenvalue weighted by Gasteiger charge is 2.15. The number of aliphatic hydroxyl groups is 1. The minimum Gasteiger partial charge on any atom is -0.388 e. The van der Waals surface area contributed by atoms with Gasteiger partial charge in [-0.3, -0.25) is 10.1 Å². The van der Waals surface area contributed by atoms with Gasteiger partial charge in [0.05, 0.1) is 22.4 Å². The molecule has 1 atom stereocenters. The van der Waals surface area contributed by atoms with Gasteiger partial charge >= 0.3 is 0 Å². The molecular weight excluding hydrogens is 177 g/mol. The average molecular weight is 189 g/mol. The van der Waals surface area contributed by atoms with Crippen LogP contribution in [0.25, 0.3) is 0 Å². The van der Waals surface area contributed by atoms with Gasteiger partial charge in [-0.25, -0.2) is 4.39 Å². The number of hydrogen-bond acceptors (Lipinski definition) is 3.